The number of hydrogen-bond acceptors (Lipinski definition) is 5. The first kappa shape index (κ1) is 21.0. The molecule has 2 aromatic carbocycles. The number of thioether (sulfide) groups is 1. The second-order valence-corrected chi connectivity index (χ2v) is 7.85. The molecule has 1 heterocycles. The van der Waals surface area contributed by atoms with Gasteiger partial charge in [0.1, 0.15) is 0 Å². The third-order valence-corrected chi connectivity index (χ3v) is 5.19. The number of benzene rings is 2. The summed E-state index contributed by atoms with van der Waals surface area (Å²) < 4.78 is 11.4. The minimum Gasteiger partial charge on any atom is -0.493 e. The van der Waals surface area contributed by atoms with Crippen LogP contribution in [0.15, 0.2) is 58.4 Å². The van der Waals surface area contributed by atoms with Gasteiger partial charge in [-0.15, -0.1) is 0 Å². The number of methoxy groups -OCH3 is 1. The second-order valence-electron chi connectivity index (χ2n) is 6.84. The molecule has 3 rings (SSSR count). The number of aliphatic imine (C=N–C) groups is 1. The molecule has 1 aliphatic rings. The molecule has 0 radical (unpaired) electrons. The number of nitrogens with zero attached hydrogens (tertiary/aromatic N) is 2. The SMILES string of the molecule is CCCN1C(=O)/C(=C/c2cccc(OC)c2OC(C)C)SC1=Nc1ccccc1. The Morgan fingerprint density at radius 2 is 1.90 bits per heavy atom. The minimum absolute atomic E-state index is 0.0119. The number of amidine groups is 1. The van der Waals surface area contributed by atoms with Gasteiger partial charge in [-0.25, -0.2) is 4.99 Å². The molecule has 2 aromatic rings. The summed E-state index contributed by atoms with van der Waals surface area (Å²) in [6.07, 6.45) is 2.71. The molecular weight excluding hydrogens is 384 g/mol. The maximum Gasteiger partial charge on any atom is 0.266 e. The van der Waals surface area contributed by atoms with Crippen molar-refractivity contribution in [2.45, 2.75) is 33.3 Å². The zero-order valence-corrected chi connectivity index (χ0v) is 18.0. The van der Waals surface area contributed by atoms with Crippen molar-refractivity contribution in [3.8, 4) is 11.5 Å². The lowest BCUT2D eigenvalue weighted by molar-refractivity contribution is -0.122. The van der Waals surface area contributed by atoms with E-state index >= 15 is 0 Å². The third kappa shape index (κ3) is 5.01. The predicted octanol–water partition coefficient (Wildman–Crippen LogP) is 5.50. The minimum atomic E-state index is -0.0372. The van der Waals surface area contributed by atoms with Crippen LogP contribution in [-0.4, -0.2) is 35.7 Å². The van der Waals surface area contributed by atoms with E-state index in [9.17, 15) is 4.79 Å². The van der Waals surface area contributed by atoms with Crippen LogP contribution >= 0.6 is 11.8 Å². The van der Waals surface area contributed by atoms with Crippen LogP contribution in [-0.2, 0) is 4.79 Å². The van der Waals surface area contributed by atoms with Crippen molar-refractivity contribution in [1.29, 1.82) is 0 Å². The van der Waals surface area contributed by atoms with Gasteiger partial charge in [0.15, 0.2) is 16.7 Å². The first-order chi connectivity index (χ1) is 14.0. The van der Waals surface area contributed by atoms with Crippen LogP contribution in [0.5, 0.6) is 11.5 Å². The van der Waals surface area contributed by atoms with Crippen LogP contribution in [0.3, 0.4) is 0 Å². The number of ether oxygens (including phenoxy) is 2. The van der Waals surface area contributed by atoms with Crippen LogP contribution in [0.4, 0.5) is 5.69 Å². The standard InChI is InChI=1S/C23H26N2O3S/c1-5-14-25-22(26)20(29-23(25)24-18-11-7-6-8-12-18)15-17-10-9-13-19(27-4)21(17)28-16(2)3/h6-13,15-16H,5,14H2,1-4H3/b20-15-,24-23?. The zero-order chi connectivity index (χ0) is 20.8. The summed E-state index contributed by atoms with van der Waals surface area (Å²) in [6.45, 7) is 6.61. The topological polar surface area (TPSA) is 51.1 Å². The van der Waals surface area contributed by atoms with Gasteiger partial charge in [-0.3, -0.25) is 9.69 Å². The fourth-order valence-corrected chi connectivity index (χ4v) is 3.95. The lowest BCUT2D eigenvalue weighted by Gasteiger charge is -2.16. The molecule has 152 valence electrons. The molecule has 29 heavy (non-hydrogen) atoms. The van der Waals surface area contributed by atoms with Crippen molar-refractivity contribution in [3.05, 3.63) is 59.0 Å². The number of carbonyl (C=O) groups excluding carboxylic acids is 1. The number of para-hydroxylation sites is 2. The van der Waals surface area contributed by atoms with E-state index in [0.29, 0.717) is 28.1 Å². The normalized spacial score (nSPS) is 16.9. The summed E-state index contributed by atoms with van der Waals surface area (Å²) >= 11 is 1.39. The van der Waals surface area contributed by atoms with Crippen LogP contribution < -0.4 is 9.47 Å². The average Bonchev–Trinajstić information content (AvgIpc) is 2.99. The van der Waals surface area contributed by atoms with Gasteiger partial charge in [0, 0.05) is 12.1 Å². The monoisotopic (exact) mass is 410 g/mol. The number of hydrogen-bond donors (Lipinski definition) is 0. The van der Waals surface area contributed by atoms with Crippen molar-refractivity contribution >= 4 is 34.6 Å². The number of carbonyl (C=O) groups is 1. The summed E-state index contributed by atoms with van der Waals surface area (Å²) in [4.78, 5) is 20.1. The van der Waals surface area contributed by atoms with E-state index in [1.807, 2.05) is 68.5 Å². The third-order valence-electron chi connectivity index (χ3n) is 4.19. The molecule has 1 fully saturated rings. The van der Waals surface area contributed by atoms with Crippen molar-refractivity contribution < 1.29 is 14.3 Å². The van der Waals surface area contributed by atoms with Gasteiger partial charge in [-0.1, -0.05) is 37.3 Å². The highest BCUT2D eigenvalue weighted by atomic mass is 32.2. The Labute approximate surface area is 176 Å². The van der Waals surface area contributed by atoms with Gasteiger partial charge in [0.25, 0.3) is 5.91 Å². The Hall–Kier alpha value is -2.73. The van der Waals surface area contributed by atoms with Crippen molar-refractivity contribution in [1.82, 2.24) is 4.90 Å². The molecule has 0 bridgehead atoms. The van der Waals surface area contributed by atoms with E-state index < -0.39 is 0 Å². The first-order valence-electron chi connectivity index (χ1n) is 9.72. The van der Waals surface area contributed by atoms with E-state index in [1.54, 1.807) is 12.0 Å². The van der Waals surface area contributed by atoms with Gasteiger partial charge in [0.05, 0.1) is 23.8 Å². The van der Waals surface area contributed by atoms with Gasteiger partial charge in [-0.2, -0.15) is 0 Å². The summed E-state index contributed by atoms with van der Waals surface area (Å²) in [6, 6.07) is 15.4. The maximum absolute atomic E-state index is 13.1. The highest BCUT2D eigenvalue weighted by Gasteiger charge is 2.33. The Balaban J connectivity index is 2.00. The fourth-order valence-electron chi connectivity index (χ4n) is 2.94. The quantitative estimate of drug-likeness (QED) is 0.566. The van der Waals surface area contributed by atoms with E-state index in [-0.39, 0.29) is 12.0 Å². The second kappa shape index (κ2) is 9.65. The fraction of sp³-hybridized carbons (Fsp3) is 0.304. The van der Waals surface area contributed by atoms with Crippen molar-refractivity contribution in [3.63, 3.8) is 0 Å². The molecule has 1 amide bonds. The molecule has 1 aliphatic heterocycles. The number of amides is 1. The van der Waals surface area contributed by atoms with E-state index in [2.05, 4.69) is 6.92 Å². The summed E-state index contributed by atoms with van der Waals surface area (Å²) in [5, 5.41) is 0.698. The van der Waals surface area contributed by atoms with E-state index in [1.165, 1.54) is 11.8 Å². The summed E-state index contributed by atoms with van der Waals surface area (Å²) in [5.41, 5.74) is 1.64. The van der Waals surface area contributed by atoms with Crippen LogP contribution in [0, 0.1) is 0 Å². The van der Waals surface area contributed by atoms with Gasteiger partial charge >= 0.3 is 0 Å². The Morgan fingerprint density at radius 3 is 2.55 bits per heavy atom. The molecule has 5 nitrogen and oxygen atoms in total. The molecule has 6 heteroatoms. The molecule has 0 atom stereocenters. The highest BCUT2D eigenvalue weighted by molar-refractivity contribution is 8.18. The molecule has 1 saturated heterocycles. The molecule has 0 aliphatic carbocycles. The average molecular weight is 411 g/mol. The lowest BCUT2D eigenvalue weighted by atomic mass is 10.1. The Kier molecular flexibility index (Phi) is 6.99. The van der Waals surface area contributed by atoms with Crippen LogP contribution in [0.2, 0.25) is 0 Å². The number of rotatable bonds is 7. The zero-order valence-electron chi connectivity index (χ0n) is 17.2. The first-order valence-corrected chi connectivity index (χ1v) is 10.5. The largest absolute Gasteiger partial charge is 0.493 e. The van der Waals surface area contributed by atoms with Gasteiger partial charge < -0.3 is 9.47 Å². The van der Waals surface area contributed by atoms with E-state index in [4.69, 9.17) is 14.5 Å². The highest BCUT2D eigenvalue weighted by Crippen LogP contribution is 2.38. The maximum atomic E-state index is 13.1. The molecular formula is C23H26N2O3S. The van der Waals surface area contributed by atoms with Crippen LogP contribution in [0.25, 0.3) is 6.08 Å². The summed E-state index contributed by atoms with van der Waals surface area (Å²) in [7, 11) is 1.61. The smallest absolute Gasteiger partial charge is 0.266 e. The Morgan fingerprint density at radius 1 is 1.14 bits per heavy atom. The van der Waals surface area contributed by atoms with Crippen molar-refractivity contribution in [2.24, 2.45) is 4.99 Å². The lowest BCUT2D eigenvalue weighted by Crippen LogP contribution is -2.29. The van der Waals surface area contributed by atoms with Crippen molar-refractivity contribution in [2.75, 3.05) is 13.7 Å². The summed E-state index contributed by atoms with van der Waals surface area (Å²) in [5.74, 6) is 1.25. The Bertz CT molecular complexity index is 923. The molecule has 0 N–H and O–H groups in total. The molecule has 0 unspecified atom stereocenters. The van der Waals surface area contributed by atoms with Crippen LogP contribution in [0.1, 0.15) is 32.8 Å². The molecule has 0 spiro atoms. The van der Waals surface area contributed by atoms with Gasteiger partial charge in [-0.05, 0) is 56.3 Å². The van der Waals surface area contributed by atoms with E-state index in [0.717, 1.165) is 17.7 Å². The molecule has 0 saturated carbocycles. The predicted molar refractivity (Wildman–Crippen MR) is 120 cm³/mol. The molecule has 0 aromatic heterocycles. The van der Waals surface area contributed by atoms with Gasteiger partial charge in [0.2, 0.25) is 0 Å².